The van der Waals surface area contributed by atoms with E-state index in [1.807, 2.05) is 18.7 Å². The molecule has 0 spiro atoms. The number of carbonyl (C=O) groups is 3. The Labute approximate surface area is 163 Å². The van der Waals surface area contributed by atoms with E-state index in [2.05, 4.69) is 0 Å². The van der Waals surface area contributed by atoms with Crippen LogP contribution in [-0.2, 0) is 19.1 Å². The topological polar surface area (TPSA) is 80.1 Å². The first kappa shape index (κ1) is 19.8. The van der Waals surface area contributed by atoms with Gasteiger partial charge in [-0.25, -0.2) is 4.79 Å². The lowest BCUT2D eigenvalue weighted by atomic mass is 9.97. The lowest BCUT2D eigenvalue weighted by Gasteiger charge is -2.39. The Morgan fingerprint density at radius 2 is 1.93 bits per heavy atom. The minimum atomic E-state index is -0.716. The Bertz CT molecular complexity index is 682. The standard InChI is InChI=1S/C19H26N2O5S/c1-12-6-4-7-13(2)20(12)17(23)10-26-19(24)15-11-27-18(21(15)14(3)22)16-8-5-9-25-16/h5,8-9,12-13,15,18H,4,6-7,10-11H2,1-3H3/t12-,13-,15+,18-/m1/s1. The fourth-order valence-corrected chi connectivity index (χ4v) is 5.36. The molecule has 0 radical (unpaired) electrons. The molecule has 2 fully saturated rings. The maximum absolute atomic E-state index is 12.6. The maximum Gasteiger partial charge on any atom is 0.330 e. The first-order valence-electron chi connectivity index (χ1n) is 9.32. The summed E-state index contributed by atoms with van der Waals surface area (Å²) in [6.45, 7) is 5.18. The van der Waals surface area contributed by atoms with Crippen LogP contribution in [0.25, 0.3) is 0 Å². The molecule has 2 aliphatic rings. The highest BCUT2D eigenvalue weighted by Crippen LogP contribution is 2.41. The third-order valence-electron chi connectivity index (χ3n) is 5.24. The average Bonchev–Trinajstić information content (AvgIpc) is 3.28. The van der Waals surface area contributed by atoms with Gasteiger partial charge in [-0.15, -0.1) is 11.8 Å². The number of carbonyl (C=O) groups excluding carboxylic acids is 3. The van der Waals surface area contributed by atoms with Crippen molar-refractivity contribution in [3.8, 4) is 0 Å². The molecule has 3 rings (SSSR count). The summed E-state index contributed by atoms with van der Waals surface area (Å²) in [7, 11) is 0. The van der Waals surface area contributed by atoms with Crippen molar-refractivity contribution >= 4 is 29.5 Å². The molecule has 1 aromatic heterocycles. The second-order valence-corrected chi connectivity index (χ2v) is 8.29. The molecule has 2 saturated heterocycles. The highest BCUT2D eigenvalue weighted by atomic mass is 32.2. The van der Waals surface area contributed by atoms with E-state index in [-0.39, 0.29) is 35.9 Å². The SMILES string of the molecule is CC(=O)N1[C@@H](c2ccco2)SC[C@H]1C(=O)OCC(=O)N1[C@H](C)CCC[C@H]1C. The molecule has 7 nitrogen and oxygen atoms in total. The molecule has 0 N–H and O–H groups in total. The number of hydrogen-bond acceptors (Lipinski definition) is 6. The normalized spacial score (nSPS) is 28.3. The summed E-state index contributed by atoms with van der Waals surface area (Å²) in [5.74, 6) is 0.0858. The van der Waals surface area contributed by atoms with Gasteiger partial charge in [0.15, 0.2) is 6.61 Å². The number of furan rings is 1. The van der Waals surface area contributed by atoms with E-state index in [4.69, 9.17) is 9.15 Å². The van der Waals surface area contributed by atoms with Crippen molar-refractivity contribution in [2.24, 2.45) is 0 Å². The van der Waals surface area contributed by atoms with Crippen LogP contribution >= 0.6 is 11.8 Å². The van der Waals surface area contributed by atoms with Gasteiger partial charge in [-0.05, 0) is 45.2 Å². The third kappa shape index (κ3) is 4.15. The Morgan fingerprint density at radius 1 is 1.22 bits per heavy atom. The Hall–Kier alpha value is -1.96. The fourth-order valence-electron chi connectivity index (χ4n) is 3.94. The van der Waals surface area contributed by atoms with Crippen LogP contribution < -0.4 is 0 Å². The number of amides is 2. The van der Waals surface area contributed by atoms with Crippen molar-refractivity contribution in [1.82, 2.24) is 9.80 Å². The van der Waals surface area contributed by atoms with Gasteiger partial charge in [-0.2, -0.15) is 0 Å². The Kier molecular flexibility index (Phi) is 6.14. The molecule has 0 bridgehead atoms. The van der Waals surface area contributed by atoms with Gasteiger partial charge in [0, 0.05) is 24.8 Å². The van der Waals surface area contributed by atoms with Gasteiger partial charge in [0.25, 0.3) is 5.91 Å². The largest absolute Gasteiger partial charge is 0.466 e. The summed E-state index contributed by atoms with van der Waals surface area (Å²) >= 11 is 1.45. The molecular formula is C19H26N2O5S. The van der Waals surface area contributed by atoms with Crippen molar-refractivity contribution in [1.29, 1.82) is 0 Å². The van der Waals surface area contributed by atoms with Crippen molar-refractivity contribution in [3.63, 3.8) is 0 Å². The number of likely N-dealkylation sites (tertiary alicyclic amines) is 1. The average molecular weight is 394 g/mol. The minimum absolute atomic E-state index is 0.152. The van der Waals surface area contributed by atoms with Gasteiger partial charge >= 0.3 is 5.97 Å². The summed E-state index contributed by atoms with van der Waals surface area (Å²) < 4.78 is 10.7. The zero-order chi connectivity index (χ0) is 19.6. The number of hydrogen-bond donors (Lipinski definition) is 0. The fraction of sp³-hybridized carbons (Fsp3) is 0.632. The lowest BCUT2D eigenvalue weighted by Crippen LogP contribution is -2.50. The second-order valence-electron chi connectivity index (χ2n) is 7.18. The minimum Gasteiger partial charge on any atom is -0.466 e. The summed E-state index contributed by atoms with van der Waals surface area (Å²) in [4.78, 5) is 40.6. The van der Waals surface area contributed by atoms with Crippen molar-refractivity contribution in [2.45, 2.75) is 63.5 Å². The Morgan fingerprint density at radius 3 is 2.52 bits per heavy atom. The van der Waals surface area contributed by atoms with E-state index in [0.29, 0.717) is 11.5 Å². The number of piperidine rings is 1. The van der Waals surface area contributed by atoms with Crippen LogP contribution in [0.2, 0.25) is 0 Å². The van der Waals surface area contributed by atoms with Crippen molar-refractivity contribution in [2.75, 3.05) is 12.4 Å². The maximum atomic E-state index is 12.6. The predicted octanol–water partition coefficient (Wildman–Crippen LogP) is 2.57. The van der Waals surface area contributed by atoms with Crippen LogP contribution in [0.1, 0.15) is 51.2 Å². The molecule has 2 amide bonds. The number of ether oxygens (including phenoxy) is 1. The van der Waals surface area contributed by atoms with Crippen LogP contribution in [0.5, 0.6) is 0 Å². The van der Waals surface area contributed by atoms with Gasteiger partial charge in [0.05, 0.1) is 6.26 Å². The van der Waals surface area contributed by atoms with Crippen LogP contribution in [0.4, 0.5) is 0 Å². The summed E-state index contributed by atoms with van der Waals surface area (Å²) in [6.07, 6.45) is 4.57. The predicted molar refractivity (Wildman–Crippen MR) is 101 cm³/mol. The smallest absolute Gasteiger partial charge is 0.330 e. The first-order chi connectivity index (χ1) is 12.9. The van der Waals surface area contributed by atoms with Crippen LogP contribution in [0, 0.1) is 0 Å². The highest BCUT2D eigenvalue weighted by Gasteiger charge is 2.43. The third-order valence-corrected chi connectivity index (χ3v) is 6.53. The molecule has 27 heavy (non-hydrogen) atoms. The van der Waals surface area contributed by atoms with E-state index in [1.165, 1.54) is 23.6 Å². The highest BCUT2D eigenvalue weighted by molar-refractivity contribution is 7.99. The molecular weight excluding hydrogens is 368 g/mol. The second kappa shape index (κ2) is 8.37. The van der Waals surface area contributed by atoms with Gasteiger partial charge in [-0.3, -0.25) is 9.59 Å². The Balaban J connectivity index is 1.62. The van der Waals surface area contributed by atoms with Crippen LogP contribution in [0.15, 0.2) is 22.8 Å². The number of nitrogens with zero attached hydrogens (tertiary/aromatic N) is 2. The molecule has 0 saturated carbocycles. The molecule has 0 unspecified atom stereocenters. The molecule has 3 heterocycles. The van der Waals surface area contributed by atoms with E-state index in [1.54, 1.807) is 18.4 Å². The summed E-state index contributed by atoms with van der Waals surface area (Å²) in [5, 5.41) is -0.354. The molecule has 148 valence electrons. The number of esters is 1. The van der Waals surface area contributed by atoms with Crippen LogP contribution in [0.3, 0.4) is 0 Å². The van der Waals surface area contributed by atoms with Crippen molar-refractivity contribution < 1.29 is 23.5 Å². The summed E-state index contributed by atoms with van der Waals surface area (Å²) in [6, 6.07) is 3.12. The van der Waals surface area contributed by atoms with Gasteiger partial charge in [-0.1, -0.05) is 0 Å². The van der Waals surface area contributed by atoms with Crippen molar-refractivity contribution in [3.05, 3.63) is 24.2 Å². The quantitative estimate of drug-likeness (QED) is 0.730. The molecule has 2 aliphatic heterocycles. The van der Waals surface area contributed by atoms with Gasteiger partial charge in [0.2, 0.25) is 5.91 Å². The summed E-state index contributed by atoms with van der Waals surface area (Å²) in [5.41, 5.74) is 0. The molecule has 0 aromatic carbocycles. The van der Waals surface area contributed by atoms with Crippen LogP contribution in [-0.4, -0.2) is 58.1 Å². The van der Waals surface area contributed by atoms with E-state index < -0.39 is 12.0 Å². The lowest BCUT2D eigenvalue weighted by molar-refractivity contribution is -0.160. The zero-order valence-electron chi connectivity index (χ0n) is 15.9. The monoisotopic (exact) mass is 394 g/mol. The first-order valence-corrected chi connectivity index (χ1v) is 10.4. The van der Waals surface area contributed by atoms with E-state index in [0.717, 1.165) is 19.3 Å². The zero-order valence-corrected chi connectivity index (χ0v) is 16.7. The van der Waals surface area contributed by atoms with Gasteiger partial charge in [0.1, 0.15) is 17.2 Å². The molecule has 0 aliphatic carbocycles. The van der Waals surface area contributed by atoms with Gasteiger partial charge < -0.3 is 19.0 Å². The molecule has 1 aromatic rings. The van der Waals surface area contributed by atoms with E-state index >= 15 is 0 Å². The number of rotatable bonds is 4. The number of thioether (sulfide) groups is 1. The molecule has 8 heteroatoms. The van der Waals surface area contributed by atoms with E-state index in [9.17, 15) is 14.4 Å². The molecule has 4 atom stereocenters.